The zero-order valence-corrected chi connectivity index (χ0v) is 12.6. The van der Waals surface area contributed by atoms with Crippen LogP contribution in [0.15, 0.2) is 0 Å². The van der Waals surface area contributed by atoms with Crippen molar-refractivity contribution in [3.8, 4) is 0 Å². The molecule has 1 rings (SSSR count). The summed E-state index contributed by atoms with van der Waals surface area (Å²) < 4.78 is 0. The zero-order valence-electron chi connectivity index (χ0n) is 12.6. The van der Waals surface area contributed by atoms with E-state index in [1.165, 1.54) is 0 Å². The summed E-state index contributed by atoms with van der Waals surface area (Å²) in [7, 11) is 0. The minimum absolute atomic E-state index is 0.103. The number of hydrogen-bond acceptors (Lipinski definition) is 7. The molecule has 0 spiro atoms. The fourth-order valence-corrected chi connectivity index (χ4v) is 2.39. The number of aliphatic carboxylic acids is 1. The Morgan fingerprint density at radius 1 is 1.05 bits per heavy atom. The third kappa shape index (κ3) is 7.89. The first kappa shape index (κ1) is 18.3. The van der Waals surface area contributed by atoms with Gasteiger partial charge in [0.2, 0.25) is 5.78 Å². The van der Waals surface area contributed by atoms with E-state index < -0.39 is 16.8 Å². The van der Waals surface area contributed by atoms with Gasteiger partial charge in [0.15, 0.2) is 0 Å². The molecule has 9 heteroatoms. The molecular weight excluding hydrogens is 294 g/mol. The lowest BCUT2D eigenvalue weighted by atomic mass is 10.1. The summed E-state index contributed by atoms with van der Waals surface area (Å²) in [5.41, 5.74) is 0. The van der Waals surface area contributed by atoms with Crippen molar-refractivity contribution in [2.75, 3.05) is 45.9 Å². The lowest BCUT2D eigenvalue weighted by Gasteiger charge is -2.34. The van der Waals surface area contributed by atoms with Gasteiger partial charge in [0.05, 0.1) is 6.61 Å². The minimum atomic E-state index is -1.35. The predicted octanol–water partition coefficient (Wildman–Crippen LogP) is 0.0264. The van der Waals surface area contributed by atoms with Crippen LogP contribution in [-0.4, -0.2) is 77.6 Å². The Hall–Kier alpha value is -1.74. The van der Waals surface area contributed by atoms with Gasteiger partial charge in [0.25, 0.3) is 5.09 Å². The molecule has 9 nitrogen and oxygen atoms in total. The number of carboxylic acids is 1. The number of piperazine rings is 1. The number of nitrogens with zero attached hydrogens (tertiary/aromatic N) is 3. The van der Waals surface area contributed by atoms with E-state index in [1.807, 2.05) is 0 Å². The highest BCUT2D eigenvalue weighted by Crippen LogP contribution is 2.06. The highest BCUT2D eigenvalue weighted by molar-refractivity contribution is 6.32. The molecule has 0 atom stereocenters. The lowest BCUT2D eigenvalue weighted by molar-refractivity contribution is -0.757. The molecule has 0 aromatic carbocycles. The molecule has 22 heavy (non-hydrogen) atoms. The number of hydrogen-bond donors (Lipinski definition) is 1. The Morgan fingerprint density at radius 2 is 1.59 bits per heavy atom. The Morgan fingerprint density at radius 3 is 2.09 bits per heavy atom. The molecule has 126 valence electrons. The maximum atomic E-state index is 10.9. The van der Waals surface area contributed by atoms with Gasteiger partial charge in [-0.25, -0.2) is 4.79 Å². The fourth-order valence-electron chi connectivity index (χ4n) is 2.39. The third-order valence-corrected chi connectivity index (χ3v) is 3.65. The van der Waals surface area contributed by atoms with Crippen molar-refractivity contribution in [2.45, 2.75) is 25.7 Å². The standard InChI is InChI=1S/C13H23N3O6/c17-12(13(18)19)4-1-2-5-14-7-9-15(10-8-14)6-3-11-22-16(20)21/h1-11H2,(H,18,19). The summed E-state index contributed by atoms with van der Waals surface area (Å²) in [5, 5.41) is 17.7. The number of Topliss-reactive ketones (excluding diaryl/α,β-unsaturated/α-hetero) is 1. The van der Waals surface area contributed by atoms with Gasteiger partial charge in [-0.1, -0.05) is 0 Å². The van der Waals surface area contributed by atoms with Crippen molar-refractivity contribution in [2.24, 2.45) is 0 Å². The topological polar surface area (TPSA) is 113 Å². The molecule has 0 bridgehead atoms. The van der Waals surface area contributed by atoms with Crippen molar-refractivity contribution < 1.29 is 24.6 Å². The van der Waals surface area contributed by atoms with E-state index in [-0.39, 0.29) is 13.0 Å². The average molecular weight is 317 g/mol. The number of carbonyl (C=O) groups excluding carboxylic acids is 1. The van der Waals surface area contributed by atoms with Gasteiger partial charge < -0.3 is 19.7 Å². The molecule has 0 aromatic rings. The summed E-state index contributed by atoms with van der Waals surface area (Å²) in [4.78, 5) is 40.1. The normalized spacial score (nSPS) is 16.4. The van der Waals surface area contributed by atoms with Gasteiger partial charge in [-0.3, -0.25) is 4.79 Å². The Kier molecular flexibility index (Phi) is 8.38. The molecule has 1 aliphatic heterocycles. The molecule has 0 radical (unpaired) electrons. The first-order valence-electron chi connectivity index (χ1n) is 7.47. The third-order valence-electron chi connectivity index (χ3n) is 3.65. The van der Waals surface area contributed by atoms with E-state index in [0.717, 1.165) is 45.7 Å². The van der Waals surface area contributed by atoms with Crippen molar-refractivity contribution in [3.63, 3.8) is 0 Å². The summed E-state index contributed by atoms with van der Waals surface area (Å²) in [5.74, 6) is -2.07. The summed E-state index contributed by atoms with van der Waals surface area (Å²) in [6.07, 6.45) is 2.16. The molecule has 0 saturated carbocycles. The molecular formula is C13H23N3O6. The van der Waals surface area contributed by atoms with Crippen LogP contribution in [0.3, 0.4) is 0 Å². The van der Waals surface area contributed by atoms with E-state index in [4.69, 9.17) is 5.11 Å². The lowest BCUT2D eigenvalue weighted by Crippen LogP contribution is -2.46. The summed E-state index contributed by atoms with van der Waals surface area (Å²) in [6.45, 7) is 5.44. The second-order valence-electron chi connectivity index (χ2n) is 5.28. The van der Waals surface area contributed by atoms with E-state index in [9.17, 15) is 19.7 Å². The average Bonchev–Trinajstić information content (AvgIpc) is 2.49. The number of carbonyl (C=O) groups is 2. The second-order valence-corrected chi connectivity index (χ2v) is 5.28. The van der Waals surface area contributed by atoms with E-state index in [1.54, 1.807) is 0 Å². The van der Waals surface area contributed by atoms with Gasteiger partial charge in [0.1, 0.15) is 0 Å². The molecule has 1 fully saturated rings. The number of carboxylic acid groups (broad SMARTS) is 1. The van der Waals surface area contributed by atoms with Gasteiger partial charge in [-0.15, -0.1) is 10.1 Å². The second kappa shape index (κ2) is 10.1. The fraction of sp³-hybridized carbons (Fsp3) is 0.846. The summed E-state index contributed by atoms with van der Waals surface area (Å²) >= 11 is 0. The van der Waals surface area contributed by atoms with Crippen LogP contribution in [0.5, 0.6) is 0 Å². The molecule has 0 aliphatic carbocycles. The number of ketones is 1. The van der Waals surface area contributed by atoms with Crippen LogP contribution >= 0.6 is 0 Å². The van der Waals surface area contributed by atoms with Crippen LogP contribution < -0.4 is 0 Å². The largest absolute Gasteiger partial charge is 0.476 e. The van der Waals surface area contributed by atoms with E-state index in [2.05, 4.69) is 14.6 Å². The molecule has 0 unspecified atom stereocenters. The first-order valence-corrected chi connectivity index (χ1v) is 7.47. The highest BCUT2D eigenvalue weighted by atomic mass is 16.9. The van der Waals surface area contributed by atoms with Crippen LogP contribution in [-0.2, 0) is 14.4 Å². The minimum Gasteiger partial charge on any atom is -0.476 e. The molecule has 1 aliphatic rings. The van der Waals surface area contributed by atoms with Gasteiger partial charge >= 0.3 is 5.97 Å². The molecule has 1 heterocycles. The number of unbranched alkanes of at least 4 members (excludes halogenated alkanes) is 1. The molecule has 1 saturated heterocycles. The van der Waals surface area contributed by atoms with Crippen LogP contribution in [0.1, 0.15) is 25.7 Å². The Balaban J connectivity index is 2.01. The first-order chi connectivity index (χ1) is 10.5. The molecule has 1 N–H and O–H groups in total. The van der Waals surface area contributed by atoms with Crippen LogP contribution in [0, 0.1) is 10.1 Å². The monoisotopic (exact) mass is 317 g/mol. The van der Waals surface area contributed by atoms with Gasteiger partial charge in [0, 0.05) is 39.1 Å². The zero-order chi connectivity index (χ0) is 16.4. The van der Waals surface area contributed by atoms with Crippen LogP contribution in [0.25, 0.3) is 0 Å². The van der Waals surface area contributed by atoms with Crippen molar-refractivity contribution in [1.82, 2.24) is 9.80 Å². The maximum absolute atomic E-state index is 10.9. The predicted molar refractivity (Wildman–Crippen MR) is 76.9 cm³/mol. The van der Waals surface area contributed by atoms with Gasteiger partial charge in [-0.2, -0.15) is 0 Å². The Bertz CT molecular complexity index is 382. The van der Waals surface area contributed by atoms with E-state index in [0.29, 0.717) is 12.8 Å². The molecule has 0 amide bonds. The summed E-state index contributed by atoms with van der Waals surface area (Å²) in [6, 6.07) is 0. The smallest absolute Gasteiger partial charge is 0.372 e. The highest BCUT2D eigenvalue weighted by Gasteiger charge is 2.16. The van der Waals surface area contributed by atoms with Crippen molar-refractivity contribution in [1.29, 1.82) is 0 Å². The maximum Gasteiger partial charge on any atom is 0.372 e. The van der Waals surface area contributed by atoms with Crippen LogP contribution in [0.4, 0.5) is 0 Å². The van der Waals surface area contributed by atoms with Gasteiger partial charge in [-0.05, 0) is 25.8 Å². The SMILES string of the molecule is O=C(O)C(=O)CCCCN1CCN(CCCO[N+](=O)[O-])CC1. The molecule has 0 aromatic heterocycles. The van der Waals surface area contributed by atoms with Crippen LogP contribution in [0.2, 0.25) is 0 Å². The Labute approximate surface area is 128 Å². The van der Waals surface area contributed by atoms with Crippen molar-refractivity contribution in [3.05, 3.63) is 10.1 Å². The number of rotatable bonds is 11. The van der Waals surface area contributed by atoms with Crippen molar-refractivity contribution >= 4 is 11.8 Å². The van der Waals surface area contributed by atoms with E-state index >= 15 is 0 Å². The quantitative estimate of drug-likeness (QED) is 0.246.